The predicted octanol–water partition coefficient (Wildman–Crippen LogP) is 0.00730. The van der Waals surface area contributed by atoms with E-state index < -0.39 is 22.3 Å². The quantitative estimate of drug-likeness (QED) is 0.663. The van der Waals surface area contributed by atoms with Crippen LogP contribution in [0.5, 0.6) is 11.5 Å². The zero-order valence-corrected chi connectivity index (χ0v) is 18.1. The maximum absolute atomic E-state index is 13.2. The predicted molar refractivity (Wildman–Crippen MR) is 109 cm³/mol. The van der Waals surface area contributed by atoms with Crippen LogP contribution in [0.2, 0.25) is 0 Å². The maximum atomic E-state index is 13.2. The highest BCUT2D eigenvalue weighted by Crippen LogP contribution is 2.34. The molecule has 2 atom stereocenters. The Hall–Kier alpha value is -2.37. The molecule has 0 spiro atoms. The minimum Gasteiger partial charge on any atom is -0.493 e. The molecular formula is C19H28N4O6S. The van der Waals surface area contributed by atoms with Crippen molar-refractivity contribution in [2.24, 2.45) is 11.7 Å². The summed E-state index contributed by atoms with van der Waals surface area (Å²) in [4.78, 5) is 26.1. The van der Waals surface area contributed by atoms with Gasteiger partial charge in [0.25, 0.3) is 10.2 Å². The van der Waals surface area contributed by atoms with Gasteiger partial charge in [0.05, 0.1) is 20.3 Å². The molecule has 30 heavy (non-hydrogen) atoms. The van der Waals surface area contributed by atoms with Crippen LogP contribution in [0.4, 0.5) is 0 Å². The number of nitrogens with zero attached hydrogens (tertiary/aromatic N) is 2. The Morgan fingerprint density at radius 2 is 1.77 bits per heavy atom. The molecular weight excluding hydrogens is 412 g/mol. The first-order valence-corrected chi connectivity index (χ1v) is 11.2. The highest BCUT2D eigenvalue weighted by atomic mass is 32.2. The topological polar surface area (TPSA) is 131 Å². The Balaban J connectivity index is 1.82. The van der Waals surface area contributed by atoms with Crippen molar-refractivity contribution in [1.82, 2.24) is 13.9 Å². The third kappa shape index (κ3) is 4.37. The molecule has 3 rings (SSSR count). The van der Waals surface area contributed by atoms with Crippen LogP contribution in [0.3, 0.4) is 0 Å². The van der Waals surface area contributed by atoms with Crippen LogP contribution < -0.4 is 19.9 Å². The summed E-state index contributed by atoms with van der Waals surface area (Å²) >= 11 is 0. The number of benzene rings is 1. The average Bonchev–Trinajstić information content (AvgIpc) is 2.74. The number of nitrogens with one attached hydrogen (secondary N) is 1. The smallest absolute Gasteiger partial charge is 0.280 e. The van der Waals surface area contributed by atoms with E-state index in [0.717, 1.165) is 4.31 Å². The minimum atomic E-state index is -3.86. The van der Waals surface area contributed by atoms with Crippen LogP contribution >= 0.6 is 0 Å². The molecule has 11 heteroatoms. The zero-order valence-electron chi connectivity index (χ0n) is 17.3. The van der Waals surface area contributed by atoms with Crippen LogP contribution in [0.25, 0.3) is 0 Å². The van der Waals surface area contributed by atoms with Gasteiger partial charge in [-0.05, 0) is 37.0 Å². The lowest BCUT2D eigenvalue weighted by atomic mass is 9.94. The number of likely N-dealkylation sites (tertiary alicyclic amines) is 1. The molecule has 1 aromatic rings. The van der Waals surface area contributed by atoms with Crippen molar-refractivity contribution in [3.8, 4) is 11.5 Å². The number of piperidine rings is 1. The summed E-state index contributed by atoms with van der Waals surface area (Å²) in [7, 11) is 0.556. The summed E-state index contributed by atoms with van der Waals surface area (Å²) in [5.41, 5.74) is 6.03. The first kappa shape index (κ1) is 22.3. The maximum Gasteiger partial charge on any atom is 0.280 e. The summed E-state index contributed by atoms with van der Waals surface area (Å²) < 4.78 is 39.7. The van der Waals surface area contributed by atoms with E-state index in [1.54, 1.807) is 23.1 Å². The molecule has 0 aromatic heterocycles. The molecule has 166 valence electrons. The van der Waals surface area contributed by atoms with Crippen LogP contribution in [0.1, 0.15) is 30.9 Å². The Bertz CT molecular complexity index is 914. The van der Waals surface area contributed by atoms with Crippen LogP contribution in [0.15, 0.2) is 18.2 Å². The molecule has 2 fully saturated rings. The van der Waals surface area contributed by atoms with E-state index in [-0.39, 0.29) is 24.2 Å². The second-order valence-electron chi connectivity index (χ2n) is 7.56. The van der Waals surface area contributed by atoms with Gasteiger partial charge in [-0.25, -0.2) is 0 Å². The van der Waals surface area contributed by atoms with Gasteiger partial charge >= 0.3 is 0 Å². The molecule has 0 bridgehead atoms. The summed E-state index contributed by atoms with van der Waals surface area (Å²) in [6.45, 7) is 0.760. The van der Waals surface area contributed by atoms with Gasteiger partial charge in [0.2, 0.25) is 11.8 Å². The summed E-state index contributed by atoms with van der Waals surface area (Å²) in [5, 5.41) is 0. The molecule has 2 heterocycles. The van der Waals surface area contributed by atoms with Crippen molar-refractivity contribution >= 4 is 22.0 Å². The van der Waals surface area contributed by atoms with Crippen molar-refractivity contribution in [3.63, 3.8) is 0 Å². The molecule has 0 radical (unpaired) electrons. The van der Waals surface area contributed by atoms with Gasteiger partial charge in [-0.15, -0.1) is 0 Å². The lowest BCUT2D eigenvalue weighted by molar-refractivity contribution is -0.138. The molecule has 0 unspecified atom stereocenters. The lowest BCUT2D eigenvalue weighted by Crippen LogP contribution is -2.58. The molecule has 10 nitrogen and oxygen atoms in total. The van der Waals surface area contributed by atoms with Gasteiger partial charge in [0.15, 0.2) is 11.5 Å². The van der Waals surface area contributed by atoms with E-state index in [4.69, 9.17) is 15.2 Å². The van der Waals surface area contributed by atoms with E-state index in [1.165, 1.54) is 21.3 Å². The molecule has 2 aliphatic rings. The number of likely N-dealkylation sites (N-methyl/N-ethyl adjacent to an activating group) is 1. The fourth-order valence-electron chi connectivity index (χ4n) is 3.98. The Morgan fingerprint density at radius 3 is 2.33 bits per heavy atom. The van der Waals surface area contributed by atoms with E-state index in [9.17, 15) is 18.0 Å². The molecule has 2 aliphatic heterocycles. The van der Waals surface area contributed by atoms with Crippen molar-refractivity contribution in [2.75, 3.05) is 34.4 Å². The highest BCUT2D eigenvalue weighted by Gasteiger charge is 2.43. The van der Waals surface area contributed by atoms with Crippen LogP contribution in [-0.2, 0) is 19.8 Å². The number of methoxy groups -OCH3 is 2. The van der Waals surface area contributed by atoms with Gasteiger partial charge in [-0.1, -0.05) is 6.07 Å². The van der Waals surface area contributed by atoms with Gasteiger partial charge in [-0.2, -0.15) is 17.4 Å². The van der Waals surface area contributed by atoms with Crippen molar-refractivity contribution in [1.29, 1.82) is 0 Å². The first-order chi connectivity index (χ1) is 14.2. The normalized spacial score (nSPS) is 25.0. The number of ether oxygens (including phenoxy) is 2. The van der Waals surface area contributed by atoms with E-state index >= 15 is 0 Å². The van der Waals surface area contributed by atoms with Crippen molar-refractivity contribution in [3.05, 3.63) is 23.8 Å². The monoisotopic (exact) mass is 440 g/mol. The number of carbonyl (C=O) groups is 2. The van der Waals surface area contributed by atoms with E-state index in [0.29, 0.717) is 43.0 Å². The fraction of sp³-hybridized carbons (Fsp3) is 0.579. The van der Waals surface area contributed by atoms with Crippen LogP contribution in [0, 0.1) is 5.92 Å². The second kappa shape index (κ2) is 8.78. The summed E-state index contributed by atoms with van der Waals surface area (Å²) in [5.74, 6) is 0.128. The third-order valence-electron chi connectivity index (χ3n) is 5.87. The Morgan fingerprint density at radius 1 is 1.13 bits per heavy atom. The molecule has 0 aliphatic carbocycles. The van der Waals surface area contributed by atoms with Gasteiger partial charge in [0, 0.05) is 26.1 Å². The lowest BCUT2D eigenvalue weighted by Gasteiger charge is -2.40. The zero-order chi connectivity index (χ0) is 22.1. The summed E-state index contributed by atoms with van der Waals surface area (Å²) in [6, 6.07) is 3.71. The second-order valence-corrected chi connectivity index (χ2v) is 9.32. The van der Waals surface area contributed by atoms with Gasteiger partial charge < -0.3 is 20.1 Å². The molecule has 3 N–H and O–H groups in total. The van der Waals surface area contributed by atoms with Crippen LogP contribution in [-0.4, -0.2) is 69.8 Å². The Kier molecular flexibility index (Phi) is 6.53. The van der Waals surface area contributed by atoms with Gasteiger partial charge in [-0.3, -0.25) is 9.59 Å². The average molecular weight is 441 g/mol. The molecule has 1 aromatic carbocycles. The number of primary amides is 1. The van der Waals surface area contributed by atoms with E-state index in [2.05, 4.69) is 4.72 Å². The standard InChI is InChI=1S/C19H28N4O6S/c1-22-15(19(25)23-8-6-12(7-9-23)18(20)24)11-14(21-30(22,26)27)13-4-5-16(28-2)17(10-13)29-3/h4-5,10,12,14-15,21H,6-9,11H2,1-3H3,(H2,20,24)/t14-,15+/m0/s1. The highest BCUT2D eigenvalue weighted by molar-refractivity contribution is 7.87. The molecule has 2 amide bonds. The van der Waals surface area contributed by atoms with Crippen molar-refractivity contribution in [2.45, 2.75) is 31.3 Å². The summed E-state index contributed by atoms with van der Waals surface area (Å²) in [6.07, 6.45) is 1.24. The van der Waals surface area contributed by atoms with Crippen molar-refractivity contribution < 1.29 is 27.5 Å². The number of nitrogens with two attached hydrogens (primary N) is 1. The fourth-order valence-corrected chi connectivity index (χ4v) is 5.24. The third-order valence-corrected chi connectivity index (χ3v) is 7.47. The number of carbonyl (C=O) groups excluding carboxylic acids is 2. The number of amides is 2. The Labute approximate surface area is 176 Å². The van der Waals surface area contributed by atoms with Gasteiger partial charge in [0.1, 0.15) is 6.04 Å². The largest absolute Gasteiger partial charge is 0.493 e. The SMILES string of the molecule is COc1ccc([C@@H]2C[C@H](C(=O)N3CCC(C(N)=O)CC3)N(C)S(=O)(=O)N2)cc1OC. The number of hydrogen-bond donors (Lipinski definition) is 2. The number of rotatable bonds is 5. The molecule has 2 saturated heterocycles. The first-order valence-electron chi connectivity index (χ1n) is 9.73. The molecule has 0 saturated carbocycles. The number of hydrogen-bond acceptors (Lipinski definition) is 6. The van der Waals surface area contributed by atoms with E-state index in [1.807, 2.05) is 0 Å². The minimum absolute atomic E-state index is 0.247.